The summed E-state index contributed by atoms with van der Waals surface area (Å²) in [6, 6.07) is 13.6. The Morgan fingerprint density at radius 3 is 2.71 bits per heavy atom. The van der Waals surface area contributed by atoms with Gasteiger partial charge >= 0.3 is 0 Å². The zero-order valence-corrected chi connectivity index (χ0v) is 22.0. The smallest absolute Gasteiger partial charge is 0.254 e. The third kappa shape index (κ3) is 3.09. The Bertz CT molecular complexity index is 1830. The van der Waals surface area contributed by atoms with Gasteiger partial charge in [0.25, 0.3) is 5.91 Å². The number of aromatic amines is 2. The van der Waals surface area contributed by atoms with Crippen LogP contribution in [0.4, 0.5) is 0 Å². The Kier molecular flexibility index (Phi) is 4.63. The molecule has 2 bridgehead atoms. The van der Waals surface area contributed by atoms with Crippen molar-refractivity contribution in [3.63, 3.8) is 0 Å². The number of hydrogen-bond donors (Lipinski definition) is 2. The van der Waals surface area contributed by atoms with Crippen molar-refractivity contribution in [2.45, 2.75) is 45.1 Å². The molecule has 3 aromatic heterocycles. The number of imidazole rings is 2. The number of amides is 1. The highest BCUT2D eigenvalue weighted by atomic mass is 16.2. The SMILES string of the molecule is Cn1cc(-c2nc3cc4c(cc3[nH]2)C[C@H]2N(C(=O)c3ccc5nc[nH]c5c3)CC[C@]4(C)C2(C)C)ccc1=O. The molecule has 4 heterocycles. The number of rotatable bonds is 2. The van der Waals surface area contributed by atoms with Gasteiger partial charge in [0.15, 0.2) is 0 Å². The van der Waals surface area contributed by atoms with Gasteiger partial charge in [-0.1, -0.05) is 20.8 Å². The molecule has 38 heavy (non-hydrogen) atoms. The number of carbonyl (C=O) groups excluding carboxylic acids is 1. The first-order valence-corrected chi connectivity index (χ1v) is 13.1. The summed E-state index contributed by atoms with van der Waals surface area (Å²) in [5.41, 5.74) is 7.52. The van der Waals surface area contributed by atoms with E-state index < -0.39 is 0 Å². The number of benzene rings is 2. The zero-order valence-electron chi connectivity index (χ0n) is 22.0. The van der Waals surface area contributed by atoms with Gasteiger partial charge in [-0.15, -0.1) is 0 Å². The molecule has 8 heteroatoms. The molecule has 2 N–H and O–H groups in total. The van der Waals surface area contributed by atoms with Crippen LogP contribution in [0, 0.1) is 5.41 Å². The number of likely N-dealkylation sites (tertiary alicyclic amines) is 1. The molecule has 0 unspecified atom stereocenters. The van der Waals surface area contributed by atoms with Crippen molar-refractivity contribution in [2.75, 3.05) is 6.54 Å². The summed E-state index contributed by atoms with van der Waals surface area (Å²) in [6.45, 7) is 7.68. The van der Waals surface area contributed by atoms with Crippen LogP contribution in [0.2, 0.25) is 0 Å². The maximum atomic E-state index is 13.8. The highest BCUT2D eigenvalue weighted by molar-refractivity contribution is 5.97. The van der Waals surface area contributed by atoms with E-state index in [0.29, 0.717) is 12.1 Å². The van der Waals surface area contributed by atoms with Crippen molar-refractivity contribution in [3.05, 3.63) is 82.0 Å². The number of aryl methyl sites for hydroxylation is 1. The van der Waals surface area contributed by atoms with Crippen LogP contribution in [-0.4, -0.2) is 47.9 Å². The van der Waals surface area contributed by atoms with Crippen molar-refractivity contribution in [2.24, 2.45) is 12.5 Å². The largest absolute Gasteiger partial charge is 0.345 e. The van der Waals surface area contributed by atoms with Crippen molar-refractivity contribution >= 4 is 28.0 Å². The van der Waals surface area contributed by atoms with Crippen molar-refractivity contribution in [1.82, 2.24) is 29.4 Å². The molecule has 0 saturated carbocycles. The van der Waals surface area contributed by atoms with E-state index in [9.17, 15) is 9.59 Å². The molecule has 2 atom stereocenters. The molecule has 1 fully saturated rings. The molecular formula is C30H30N6O2. The van der Waals surface area contributed by atoms with E-state index in [2.05, 4.69) is 52.8 Å². The third-order valence-electron chi connectivity index (χ3n) is 9.49. The number of H-pyrrole nitrogens is 2. The molecule has 2 aliphatic rings. The lowest BCUT2D eigenvalue weighted by molar-refractivity contribution is -0.0261. The molecule has 2 aromatic carbocycles. The normalized spacial score (nSPS) is 22.1. The van der Waals surface area contributed by atoms with Crippen LogP contribution in [-0.2, 0) is 18.9 Å². The van der Waals surface area contributed by atoms with Gasteiger partial charge in [-0.25, -0.2) is 9.97 Å². The maximum Gasteiger partial charge on any atom is 0.254 e. The fourth-order valence-electron chi connectivity index (χ4n) is 6.77. The maximum absolute atomic E-state index is 13.8. The summed E-state index contributed by atoms with van der Waals surface area (Å²) in [6.07, 6.45) is 5.14. The topological polar surface area (TPSA) is 99.7 Å². The average molecular weight is 507 g/mol. The number of carbonyl (C=O) groups is 1. The Balaban J connectivity index is 1.30. The number of nitrogens with one attached hydrogen (secondary N) is 2. The predicted molar refractivity (Wildman–Crippen MR) is 147 cm³/mol. The Morgan fingerprint density at radius 2 is 1.89 bits per heavy atom. The predicted octanol–water partition coefficient (Wildman–Crippen LogP) is 4.56. The van der Waals surface area contributed by atoms with Crippen molar-refractivity contribution in [3.8, 4) is 11.4 Å². The molecule has 7 rings (SSSR count). The van der Waals surface area contributed by atoms with Gasteiger partial charge < -0.3 is 19.4 Å². The second-order valence-corrected chi connectivity index (χ2v) is 11.6. The van der Waals surface area contributed by atoms with E-state index in [-0.39, 0.29) is 28.3 Å². The van der Waals surface area contributed by atoms with E-state index in [4.69, 9.17) is 4.98 Å². The quantitative estimate of drug-likeness (QED) is 0.367. The molecule has 1 aliphatic carbocycles. The standard InChI is InChI=1S/C30H30N6O2/c1-29(2)25-13-19-12-23-24(34-27(33-23)18-6-8-26(37)35(4)15-18)14-20(19)30(29,3)9-10-36(25)28(38)17-5-7-21-22(11-17)32-16-31-21/h5-8,11-12,14-16,25H,9-10,13H2,1-4H3,(H,31,32)(H,33,34)/t25-,30+/m1/s1. The van der Waals surface area contributed by atoms with E-state index in [1.165, 1.54) is 11.1 Å². The second-order valence-electron chi connectivity index (χ2n) is 11.6. The molecule has 1 amide bonds. The van der Waals surface area contributed by atoms with Gasteiger partial charge in [-0.3, -0.25) is 9.59 Å². The monoisotopic (exact) mass is 506 g/mol. The number of aromatic nitrogens is 5. The Labute approximate surface area is 219 Å². The highest BCUT2D eigenvalue weighted by Crippen LogP contribution is 2.56. The van der Waals surface area contributed by atoms with E-state index >= 15 is 0 Å². The number of piperidine rings is 1. The number of fused-ring (bicyclic) bond motifs is 6. The van der Waals surface area contributed by atoms with Gasteiger partial charge in [0.2, 0.25) is 5.56 Å². The lowest BCUT2D eigenvalue weighted by Crippen LogP contribution is -2.64. The number of pyridine rings is 1. The van der Waals surface area contributed by atoms with Crippen molar-refractivity contribution in [1.29, 1.82) is 0 Å². The molecule has 0 radical (unpaired) electrons. The summed E-state index contributed by atoms with van der Waals surface area (Å²) in [4.78, 5) is 43.6. The lowest BCUT2D eigenvalue weighted by Gasteiger charge is -2.60. The average Bonchev–Trinajstić information content (AvgIpc) is 3.53. The minimum absolute atomic E-state index is 0.0497. The van der Waals surface area contributed by atoms with Crippen LogP contribution in [0.15, 0.2) is 59.8 Å². The Morgan fingerprint density at radius 1 is 1.05 bits per heavy atom. The molecule has 0 spiro atoms. The second kappa shape index (κ2) is 7.66. The Hall–Kier alpha value is -4.20. The first-order chi connectivity index (χ1) is 18.2. The van der Waals surface area contributed by atoms with Gasteiger partial charge in [-0.05, 0) is 65.8 Å². The van der Waals surface area contributed by atoms with Crippen LogP contribution < -0.4 is 5.56 Å². The van der Waals surface area contributed by atoms with E-state index in [1.54, 1.807) is 24.0 Å². The summed E-state index contributed by atoms with van der Waals surface area (Å²) < 4.78 is 1.57. The third-order valence-corrected chi connectivity index (χ3v) is 9.49. The van der Waals surface area contributed by atoms with Gasteiger partial charge in [-0.2, -0.15) is 0 Å². The van der Waals surface area contributed by atoms with Crippen LogP contribution in [0.5, 0.6) is 0 Å². The van der Waals surface area contributed by atoms with Crippen LogP contribution in [0.25, 0.3) is 33.5 Å². The molecule has 5 aromatic rings. The van der Waals surface area contributed by atoms with Crippen LogP contribution in [0.3, 0.4) is 0 Å². The molecule has 1 saturated heterocycles. The van der Waals surface area contributed by atoms with Crippen LogP contribution in [0.1, 0.15) is 48.7 Å². The van der Waals surface area contributed by atoms with Crippen molar-refractivity contribution < 1.29 is 4.79 Å². The summed E-state index contributed by atoms with van der Waals surface area (Å²) in [7, 11) is 1.75. The van der Waals surface area contributed by atoms with Crippen LogP contribution >= 0.6 is 0 Å². The minimum atomic E-state index is -0.128. The highest BCUT2D eigenvalue weighted by Gasteiger charge is 2.57. The van der Waals surface area contributed by atoms with Gasteiger partial charge in [0, 0.05) is 48.4 Å². The number of hydrogen-bond acceptors (Lipinski definition) is 4. The first kappa shape index (κ1) is 23.0. The van der Waals surface area contributed by atoms with E-state index in [0.717, 1.165) is 46.3 Å². The molecule has 1 aliphatic heterocycles. The van der Waals surface area contributed by atoms with Gasteiger partial charge in [0.1, 0.15) is 5.82 Å². The zero-order chi connectivity index (χ0) is 26.4. The van der Waals surface area contributed by atoms with E-state index in [1.807, 2.05) is 30.5 Å². The summed E-state index contributed by atoms with van der Waals surface area (Å²) in [5, 5.41) is 0. The fraction of sp³-hybridized carbons (Fsp3) is 0.333. The minimum Gasteiger partial charge on any atom is -0.345 e. The summed E-state index contributed by atoms with van der Waals surface area (Å²) >= 11 is 0. The first-order valence-electron chi connectivity index (χ1n) is 13.1. The fourth-order valence-corrected chi connectivity index (χ4v) is 6.77. The number of nitrogens with zero attached hydrogens (tertiary/aromatic N) is 4. The van der Waals surface area contributed by atoms with Gasteiger partial charge in [0.05, 0.1) is 28.4 Å². The lowest BCUT2D eigenvalue weighted by atomic mass is 9.51. The molecule has 192 valence electrons. The molecular weight excluding hydrogens is 476 g/mol. The summed E-state index contributed by atoms with van der Waals surface area (Å²) in [5.74, 6) is 0.820. The molecule has 8 nitrogen and oxygen atoms in total.